The minimum Gasteiger partial charge on any atom is -0.463 e. The summed E-state index contributed by atoms with van der Waals surface area (Å²) in [6.45, 7) is 6.37. The Balaban J connectivity index is 2.81. The van der Waals surface area contributed by atoms with Crippen molar-refractivity contribution in [2.45, 2.75) is 46.3 Å². The van der Waals surface area contributed by atoms with Gasteiger partial charge in [-0.05, 0) is 26.3 Å². The topological polar surface area (TPSA) is 83.5 Å². The Bertz CT molecular complexity index is 468. The van der Waals surface area contributed by atoms with Crippen molar-refractivity contribution in [1.29, 1.82) is 0 Å². The zero-order valence-electron chi connectivity index (χ0n) is 12.2. The van der Waals surface area contributed by atoms with Crippen LogP contribution in [0.2, 0.25) is 0 Å². The predicted octanol–water partition coefficient (Wildman–Crippen LogP) is 1.98. The van der Waals surface area contributed by atoms with Crippen molar-refractivity contribution in [2.75, 3.05) is 12.3 Å². The largest absolute Gasteiger partial charge is 0.463 e. The minimum absolute atomic E-state index is 0.259. The lowest BCUT2D eigenvalue weighted by Crippen LogP contribution is -2.30. The van der Waals surface area contributed by atoms with Crippen LogP contribution in [0.5, 0.6) is 0 Å². The van der Waals surface area contributed by atoms with E-state index in [2.05, 4.69) is 0 Å². The molecule has 0 spiro atoms. The number of aryl methyl sites for hydroxylation is 1. The van der Waals surface area contributed by atoms with Gasteiger partial charge in [-0.3, -0.25) is 0 Å². The molecule has 20 heavy (non-hydrogen) atoms. The van der Waals surface area contributed by atoms with Crippen LogP contribution in [0, 0.1) is 0 Å². The first-order chi connectivity index (χ1) is 9.53. The molecule has 1 aromatic rings. The van der Waals surface area contributed by atoms with Crippen LogP contribution >= 0.6 is 0 Å². The number of ether oxygens (including phenoxy) is 2. The maximum atomic E-state index is 12.1. The number of carbonyl (C=O) groups excluding carboxylic acids is 2. The van der Waals surface area contributed by atoms with E-state index in [1.54, 1.807) is 23.8 Å². The lowest BCUT2D eigenvalue weighted by Gasteiger charge is -2.16. The van der Waals surface area contributed by atoms with Crippen molar-refractivity contribution >= 4 is 17.6 Å². The Labute approximate surface area is 118 Å². The number of anilines is 1. The van der Waals surface area contributed by atoms with Gasteiger partial charge in [0.05, 0.1) is 12.3 Å². The molecule has 0 bridgehead atoms. The summed E-state index contributed by atoms with van der Waals surface area (Å²) in [5.41, 5.74) is 6.50. The molecule has 6 nitrogen and oxygen atoms in total. The molecule has 1 heterocycles. The summed E-state index contributed by atoms with van der Waals surface area (Å²) in [5, 5.41) is 0. The molecule has 0 saturated carbocycles. The van der Waals surface area contributed by atoms with Gasteiger partial charge in [0.1, 0.15) is 5.69 Å². The van der Waals surface area contributed by atoms with Gasteiger partial charge in [0.25, 0.3) is 0 Å². The second-order valence-corrected chi connectivity index (χ2v) is 4.38. The van der Waals surface area contributed by atoms with Crippen molar-refractivity contribution < 1.29 is 19.1 Å². The van der Waals surface area contributed by atoms with E-state index in [0.29, 0.717) is 30.8 Å². The SMILES string of the molecule is CCCC(OC(=O)c1cc(N)cn1CC)C(=O)OCC. The zero-order chi connectivity index (χ0) is 15.1. The van der Waals surface area contributed by atoms with Crippen molar-refractivity contribution in [3.63, 3.8) is 0 Å². The molecular weight excluding hydrogens is 260 g/mol. The van der Waals surface area contributed by atoms with Crippen LogP contribution in [-0.4, -0.2) is 29.2 Å². The van der Waals surface area contributed by atoms with E-state index < -0.39 is 18.0 Å². The van der Waals surface area contributed by atoms with Crippen molar-refractivity contribution in [3.05, 3.63) is 18.0 Å². The van der Waals surface area contributed by atoms with E-state index in [1.807, 2.05) is 13.8 Å². The molecule has 112 valence electrons. The van der Waals surface area contributed by atoms with E-state index >= 15 is 0 Å². The van der Waals surface area contributed by atoms with Gasteiger partial charge in [0, 0.05) is 12.7 Å². The summed E-state index contributed by atoms with van der Waals surface area (Å²) < 4.78 is 11.9. The summed E-state index contributed by atoms with van der Waals surface area (Å²) in [7, 11) is 0. The fourth-order valence-corrected chi connectivity index (χ4v) is 1.88. The molecule has 0 radical (unpaired) electrons. The first kappa shape index (κ1) is 16.1. The Morgan fingerprint density at radius 3 is 2.60 bits per heavy atom. The summed E-state index contributed by atoms with van der Waals surface area (Å²) in [4.78, 5) is 23.9. The highest BCUT2D eigenvalue weighted by atomic mass is 16.6. The standard InChI is InChI=1S/C14H22N2O4/c1-4-7-12(14(18)19-6-3)20-13(17)11-8-10(15)9-16(11)5-2/h8-9,12H,4-7,15H2,1-3H3. The summed E-state index contributed by atoms with van der Waals surface area (Å²) in [6.07, 6.45) is 1.95. The second-order valence-electron chi connectivity index (χ2n) is 4.38. The molecule has 0 fully saturated rings. The third kappa shape index (κ3) is 4.01. The van der Waals surface area contributed by atoms with Crippen LogP contribution in [0.1, 0.15) is 44.1 Å². The number of nitrogens with two attached hydrogens (primary N) is 1. The third-order valence-corrected chi connectivity index (χ3v) is 2.82. The van der Waals surface area contributed by atoms with Gasteiger partial charge in [-0.1, -0.05) is 13.3 Å². The highest BCUT2D eigenvalue weighted by Gasteiger charge is 2.25. The number of carbonyl (C=O) groups is 2. The number of rotatable bonds is 7. The lowest BCUT2D eigenvalue weighted by atomic mass is 10.2. The molecular formula is C14H22N2O4. The van der Waals surface area contributed by atoms with E-state index in [0.717, 1.165) is 0 Å². The van der Waals surface area contributed by atoms with Crippen molar-refractivity contribution in [1.82, 2.24) is 4.57 Å². The summed E-state index contributed by atoms with van der Waals surface area (Å²) >= 11 is 0. The van der Waals surface area contributed by atoms with Crippen LogP contribution in [0.15, 0.2) is 12.3 Å². The van der Waals surface area contributed by atoms with Gasteiger partial charge in [0.2, 0.25) is 0 Å². The normalized spacial score (nSPS) is 11.9. The quantitative estimate of drug-likeness (QED) is 0.773. The molecule has 2 N–H and O–H groups in total. The fraction of sp³-hybridized carbons (Fsp3) is 0.571. The lowest BCUT2D eigenvalue weighted by molar-refractivity contribution is -0.153. The number of nitrogen functional groups attached to an aromatic ring is 1. The van der Waals surface area contributed by atoms with Crippen LogP contribution in [0.3, 0.4) is 0 Å². The molecule has 0 amide bonds. The highest BCUT2D eigenvalue weighted by molar-refractivity contribution is 5.91. The monoisotopic (exact) mass is 282 g/mol. The number of hydrogen-bond acceptors (Lipinski definition) is 5. The Hall–Kier alpha value is -1.98. The first-order valence-electron chi connectivity index (χ1n) is 6.86. The first-order valence-corrected chi connectivity index (χ1v) is 6.86. The van der Waals surface area contributed by atoms with E-state index in [1.165, 1.54) is 0 Å². The third-order valence-electron chi connectivity index (χ3n) is 2.82. The zero-order valence-corrected chi connectivity index (χ0v) is 12.2. The van der Waals surface area contributed by atoms with E-state index in [-0.39, 0.29) is 6.61 Å². The molecule has 0 aromatic carbocycles. The van der Waals surface area contributed by atoms with Gasteiger partial charge in [-0.15, -0.1) is 0 Å². The fourth-order valence-electron chi connectivity index (χ4n) is 1.88. The number of nitrogens with zero attached hydrogens (tertiary/aromatic N) is 1. The maximum absolute atomic E-state index is 12.1. The number of hydrogen-bond donors (Lipinski definition) is 1. The summed E-state index contributed by atoms with van der Waals surface area (Å²) in [6, 6.07) is 1.54. The van der Waals surface area contributed by atoms with Gasteiger partial charge >= 0.3 is 11.9 Å². The Morgan fingerprint density at radius 1 is 1.35 bits per heavy atom. The predicted molar refractivity (Wildman–Crippen MR) is 75.3 cm³/mol. The van der Waals surface area contributed by atoms with Crippen LogP contribution < -0.4 is 5.73 Å². The molecule has 1 aromatic heterocycles. The molecule has 6 heteroatoms. The average molecular weight is 282 g/mol. The Morgan fingerprint density at radius 2 is 2.05 bits per heavy atom. The second kappa shape index (κ2) is 7.57. The molecule has 0 aliphatic heterocycles. The van der Waals surface area contributed by atoms with Crippen molar-refractivity contribution in [3.8, 4) is 0 Å². The van der Waals surface area contributed by atoms with Crippen LogP contribution in [0.25, 0.3) is 0 Å². The minimum atomic E-state index is -0.867. The van der Waals surface area contributed by atoms with Crippen LogP contribution in [0.4, 0.5) is 5.69 Å². The Kier molecular flexibility index (Phi) is 6.09. The highest BCUT2D eigenvalue weighted by Crippen LogP contribution is 2.14. The molecule has 1 unspecified atom stereocenters. The average Bonchev–Trinajstić information content (AvgIpc) is 2.79. The van der Waals surface area contributed by atoms with E-state index in [4.69, 9.17) is 15.2 Å². The van der Waals surface area contributed by atoms with E-state index in [9.17, 15) is 9.59 Å². The molecule has 0 saturated heterocycles. The molecule has 0 aliphatic rings. The van der Waals surface area contributed by atoms with Gasteiger partial charge < -0.3 is 19.8 Å². The van der Waals surface area contributed by atoms with Crippen LogP contribution in [-0.2, 0) is 20.8 Å². The smallest absolute Gasteiger partial charge is 0.355 e. The number of aromatic nitrogens is 1. The van der Waals surface area contributed by atoms with Gasteiger partial charge in [0.15, 0.2) is 6.10 Å². The molecule has 1 rings (SSSR count). The van der Waals surface area contributed by atoms with Gasteiger partial charge in [-0.2, -0.15) is 0 Å². The molecule has 1 atom stereocenters. The maximum Gasteiger partial charge on any atom is 0.355 e. The molecule has 0 aliphatic carbocycles. The van der Waals surface area contributed by atoms with Crippen molar-refractivity contribution in [2.24, 2.45) is 0 Å². The summed E-state index contributed by atoms with van der Waals surface area (Å²) in [5.74, 6) is -1.07. The number of esters is 2. The van der Waals surface area contributed by atoms with Gasteiger partial charge in [-0.25, -0.2) is 9.59 Å².